The maximum Gasteiger partial charge on any atom is 0.433 e. The van der Waals surface area contributed by atoms with Gasteiger partial charge in [-0.1, -0.05) is 0 Å². The molecule has 1 aromatic heterocycles. The summed E-state index contributed by atoms with van der Waals surface area (Å²) < 4.78 is 50.2. The van der Waals surface area contributed by atoms with Gasteiger partial charge in [0.1, 0.15) is 11.5 Å². The van der Waals surface area contributed by atoms with Crippen molar-refractivity contribution >= 4 is 11.4 Å². The summed E-state index contributed by atoms with van der Waals surface area (Å²) >= 11 is 0. The number of hydrogen-bond donors (Lipinski definition) is 1. The second-order valence-electron chi connectivity index (χ2n) is 3.90. The number of alkyl halides is 3. The molecule has 0 saturated carbocycles. The van der Waals surface area contributed by atoms with Crippen molar-refractivity contribution in [3.8, 4) is 6.07 Å². The predicted octanol–water partition coefficient (Wildman–Crippen LogP) is 3.85. The van der Waals surface area contributed by atoms with Crippen LogP contribution in [0.15, 0.2) is 36.5 Å². The minimum absolute atomic E-state index is 0.104. The first-order valence-corrected chi connectivity index (χ1v) is 5.39. The Morgan fingerprint density at radius 3 is 2.40 bits per heavy atom. The molecule has 3 nitrogen and oxygen atoms in total. The molecule has 0 atom stereocenters. The maximum atomic E-state index is 13.2. The lowest BCUT2D eigenvalue weighted by Crippen LogP contribution is -2.07. The van der Waals surface area contributed by atoms with E-state index in [0.717, 1.165) is 24.4 Å². The van der Waals surface area contributed by atoms with Crippen molar-refractivity contribution in [1.29, 1.82) is 5.26 Å². The quantitative estimate of drug-likeness (QED) is 0.850. The normalized spacial score (nSPS) is 10.9. The fraction of sp³-hybridized carbons (Fsp3) is 0.0769. The van der Waals surface area contributed by atoms with Gasteiger partial charge in [-0.3, -0.25) is 0 Å². The van der Waals surface area contributed by atoms with Crippen molar-refractivity contribution in [2.24, 2.45) is 0 Å². The molecule has 2 rings (SSSR count). The van der Waals surface area contributed by atoms with Crippen LogP contribution in [0.4, 0.5) is 28.9 Å². The molecule has 0 saturated heterocycles. The predicted molar refractivity (Wildman–Crippen MR) is 63.6 cm³/mol. The lowest BCUT2D eigenvalue weighted by Gasteiger charge is -2.09. The van der Waals surface area contributed by atoms with E-state index in [9.17, 15) is 17.6 Å². The van der Waals surface area contributed by atoms with Crippen LogP contribution in [0.25, 0.3) is 0 Å². The van der Waals surface area contributed by atoms with Crippen molar-refractivity contribution in [3.05, 3.63) is 53.6 Å². The highest BCUT2D eigenvalue weighted by Crippen LogP contribution is 2.28. The number of nitriles is 1. The number of halogens is 4. The van der Waals surface area contributed by atoms with Crippen molar-refractivity contribution in [2.45, 2.75) is 6.18 Å². The first-order valence-electron chi connectivity index (χ1n) is 5.39. The monoisotopic (exact) mass is 281 g/mol. The maximum absolute atomic E-state index is 13.2. The molecule has 0 amide bonds. The Balaban J connectivity index is 2.23. The Kier molecular flexibility index (Phi) is 3.57. The Labute approximate surface area is 111 Å². The summed E-state index contributed by atoms with van der Waals surface area (Å²) in [6, 6.07) is 7.32. The molecule has 1 N–H and O–H groups in total. The average Bonchev–Trinajstić information content (AvgIpc) is 2.37. The van der Waals surface area contributed by atoms with Gasteiger partial charge in [0.25, 0.3) is 0 Å². The van der Waals surface area contributed by atoms with Crippen LogP contribution in [-0.4, -0.2) is 4.98 Å². The largest absolute Gasteiger partial charge is 0.433 e. The van der Waals surface area contributed by atoms with Gasteiger partial charge >= 0.3 is 6.18 Å². The molecule has 20 heavy (non-hydrogen) atoms. The molecule has 0 bridgehead atoms. The summed E-state index contributed by atoms with van der Waals surface area (Å²) in [5, 5.41) is 11.4. The minimum atomic E-state index is -4.51. The van der Waals surface area contributed by atoms with Gasteiger partial charge in [0.15, 0.2) is 0 Å². The fourth-order valence-corrected chi connectivity index (χ4v) is 1.53. The summed E-state index contributed by atoms with van der Waals surface area (Å²) in [4.78, 5) is 3.26. The topological polar surface area (TPSA) is 48.7 Å². The molecule has 0 spiro atoms. The molecule has 0 unspecified atom stereocenters. The molecule has 0 aliphatic rings. The zero-order chi connectivity index (χ0) is 14.8. The lowest BCUT2D eigenvalue weighted by molar-refractivity contribution is -0.141. The third-order valence-corrected chi connectivity index (χ3v) is 2.37. The molecule has 102 valence electrons. The number of pyridine rings is 1. The summed E-state index contributed by atoms with van der Waals surface area (Å²) in [5.74, 6) is -0.619. The SMILES string of the molecule is N#Cc1cc(F)cc(Nc2ccc(C(F)(F)F)nc2)c1. The molecule has 0 aliphatic heterocycles. The number of anilines is 2. The van der Waals surface area contributed by atoms with Gasteiger partial charge < -0.3 is 5.32 Å². The molecule has 1 aromatic carbocycles. The van der Waals surface area contributed by atoms with Gasteiger partial charge in [-0.05, 0) is 30.3 Å². The Hall–Kier alpha value is -2.62. The van der Waals surface area contributed by atoms with Crippen LogP contribution in [0.3, 0.4) is 0 Å². The summed E-state index contributed by atoms with van der Waals surface area (Å²) in [5.41, 5.74) is -0.400. The van der Waals surface area contributed by atoms with E-state index in [4.69, 9.17) is 5.26 Å². The van der Waals surface area contributed by atoms with Gasteiger partial charge in [0.05, 0.1) is 23.5 Å². The van der Waals surface area contributed by atoms with E-state index in [-0.39, 0.29) is 16.9 Å². The number of nitrogens with one attached hydrogen (secondary N) is 1. The van der Waals surface area contributed by atoms with Gasteiger partial charge in [0.2, 0.25) is 0 Å². The lowest BCUT2D eigenvalue weighted by atomic mass is 10.2. The number of nitrogens with zero attached hydrogens (tertiary/aromatic N) is 2. The molecule has 0 aliphatic carbocycles. The van der Waals surface area contributed by atoms with Gasteiger partial charge in [-0.2, -0.15) is 18.4 Å². The summed E-state index contributed by atoms with van der Waals surface area (Å²) in [7, 11) is 0. The molecular weight excluding hydrogens is 274 g/mol. The second-order valence-corrected chi connectivity index (χ2v) is 3.90. The van der Waals surface area contributed by atoms with E-state index < -0.39 is 17.7 Å². The first kappa shape index (κ1) is 13.8. The smallest absolute Gasteiger partial charge is 0.354 e. The molecule has 7 heteroatoms. The van der Waals surface area contributed by atoms with E-state index in [2.05, 4.69) is 10.3 Å². The fourth-order valence-electron chi connectivity index (χ4n) is 1.53. The van der Waals surface area contributed by atoms with Crippen LogP contribution in [-0.2, 0) is 6.18 Å². The highest BCUT2D eigenvalue weighted by Gasteiger charge is 2.31. The average molecular weight is 281 g/mol. The van der Waals surface area contributed by atoms with Crippen LogP contribution in [0.1, 0.15) is 11.3 Å². The van der Waals surface area contributed by atoms with E-state index in [0.29, 0.717) is 0 Å². The number of hydrogen-bond acceptors (Lipinski definition) is 3. The van der Waals surface area contributed by atoms with E-state index >= 15 is 0 Å². The molecule has 0 radical (unpaired) electrons. The van der Waals surface area contributed by atoms with Crippen LogP contribution in [0, 0.1) is 17.1 Å². The Morgan fingerprint density at radius 1 is 1.10 bits per heavy atom. The van der Waals surface area contributed by atoms with E-state index in [1.165, 1.54) is 12.1 Å². The Bertz CT molecular complexity index is 657. The van der Waals surface area contributed by atoms with Crippen molar-refractivity contribution < 1.29 is 17.6 Å². The van der Waals surface area contributed by atoms with Crippen LogP contribution < -0.4 is 5.32 Å². The number of benzene rings is 1. The van der Waals surface area contributed by atoms with Crippen LogP contribution in [0.5, 0.6) is 0 Å². The summed E-state index contributed by atoms with van der Waals surface area (Å²) in [6.07, 6.45) is -3.52. The van der Waals surface area contributed by atoms with Crippen molar-refractivity contribution in [1.82, 2.24) is 4.98 Å². The highest BCUT2D eigenvalue weighted by atomic mass is 19.4. The van der Waals surface area contributed by atoms with Gasteiger partial charge in [0, 0.05) is 5.69 Å². The van der Waals surface area contributed by atoms with Crippen molar-refractivity contribution in [3.63, 3.8) is 0 Å². The number of aromatic nitrogens is 1. The van der Waals surface area contributed by atoms with Crippen LogP contribution in [0.2, 0.25) is 0 Å². The minimum Gasteiger partial charge on any atom is -0.354 e. The molecule has 2 aromatic rings. The van der Waals surface area contributed by atoms with E-state index in [1.54, 1.807) is 6.07 Å². The molecular formula is C13H7F4N3. The van der Waals surface area contributed by atoms with Gasteiger partial charge in [-0.15, -0.1) is 0 Å². The third-order valence-electron chi connectivity index (χ3n) is 2.37. The second kappa shape index (κ2) is 5.17. The summed E-state index contributed by atoms with van der Waals surface area (Å²) in [6.45, 7) is 0. The zero-order valence-corrected chi connectivity index (χ0v) is 9.87. The standard InChI is InChI=1S/C13H7F4N3/c14-9-3-8(6-18)4-11(5-9)20-10-1-2-12(19-7-10)13(15,16)17/h1-5,7,20H. The zero-order valence-electron chi connectivity index (χ0n) is 9.87. The highest BCUT2D eigenvalue weighted by molar-refractivity contribution is 5.60. The van der Waals surface area contributed by atoms with Crippen LogP contribution >= 0.6 is 0 Å². The van der Waals surface area contributed by atoms with Gasteiger partial charge in [-0.25, -0.2) is 9.37 Å². The first-order chi connectivity index (χ1) is 9.38. The molecule has 1 heterocycles. The third kappa shape index (κ3) is 3.23. The molecule has 0 fully saturated rings. The Morgan fingerprint density at radius 2 is 1.85 bits per heavy atom. The number of rotatable bonds is 2. The van der Waals surface area contributed by atoms with E-state index in [1.807, 2.05) is 0 Å². The van der Waals surface area contributed by atoms with Crippen molar-refractivity contribution in [2.75, 3.05) is 5.32 Å².